The van der Waals surface area contributed by atoms with E-state index >= 15 is 0 Å². The molecule has 1 saturated heterocycles. The predicted octanol–water partition coefficient (Wildman–Crippen LogP) is 1.79. The first kappa shape index (κ1) is 12.1. The lowest BCUT2D eigenvalue weighted by Crippen LogP contribution is -2.35. The quantitative estimate of drug-likeness (QED) is 0.720. The number of rotatable bonds is 2. The van der Waals surface area contributed by atoms with Crippen molar-refractivity contribution in [3.05, 3.63) is 18.7 Å². The Morgan fingerprint density at radius 3 is 2.59 bits per heavy atom. The second kappa shape index (κ2) is 4.51. The van der Waals surface area contributed by atoms with Crippen molar-refractivity contribution in [2.24, 2.45) is 12.5 Å². The lowest BCUT2D eigenvalue weighted by molar-refractivity contribution is -0.670. The summed E-state index contributed by atoms with van der Waals surface area (Å²) in [5.41, 5.74) is 0.352. The van der Waals surface area contributed by atoms with Crippen molar-refractivity contribution >= 4 is 6.03 Å². The fourth-order valence-electron chi connectivity index (χ4n) is 2.65. The molecule has 94 valence electrons. The maximum absolute atomic E-state index is 12.3. The highest BCUT2D eigenvalue weighted by atomic mass is 16.2. The first-order valence-corrected chi connectivity index (χ1v) is 6.43. The zero-order valence-electron chi connectivity index (χ0n) is 11.0. The molecule has 1 fully saturated rings. The van der Waals surface area contributed by atoms with Crippen LogP contribution in [0.1, 0.15) is 33.1 Å². The van der Waals surface area contributed by atoms with Crippen LogP contribution >= 0.6 is 0 Å². The van der Waals surface area contributed by atoms with Gasteiger partial charge < -0.3 is 4.90 Å². The summed E-state index contributed by atoms with van der Waals surface area (Å²) >= 11 is 0. The second-order valence-electron chi connectivity index (χ2n) is 5.15. The van der Waals surface area contributed by atoms with Gasteiger partial charge in [-0.15, -0.1) is 0 Å². The average Bonchev–Trinajstić information content (AvgIpc) is 2.95. The van der Waals surface area contributed by atoms with Gasteiger partial charge >= 0.3 is 6.03 Å². The van der Waals surface area contributed by atoms with Crippen LogP contribution in [0.4, 0.5) is 4.79 Å². The highest BCUT2D eigenvalue weighted by molar-refractivity contribution is 5.76. The maximum atomic E-state index is 12.3. The molecule has 0 aliphatic carbocycles. The van der Waals surface area contributed by atoms with E-state index in [4.69, 9.17) is 0 Å². The molecule has 0 N–H and O–H groups in total. The van der Waals surface area contributed by atoms with E-state index in [1.165, 1.54) is 0 Å². The van der Waals surface area contributed by atoms with Gasteiger partial charge in [0.05, 0.1) is 7.05 Å². The SMILES string of the molecule is CCC1(CC)CCN(C(=O)n2cc[n+](C)c2)C1. The van der Waals surface area contributed by atoms with Crippen LogP contribution in [0.3, 0.4) is 0 Å². The predicted molar refractivity (Wildman–Crippen MR) is 65.6 cm³/mol. The van der Waals surface area contributed by atoms with Crippen LogP contribution in [0.25, 0.3) is 0 Å². The molecule has 0 spiro atoms. The Labute approximate surface area is 103 Å². The lowest BCUT2D eigenvalue weighted by Gasteiger charge is -2.25. The van der Waals surface area contributed by atoms with Gasteiger partial charge in [0, 0.05) is 13.1 Å². The molecule has 4 nitrogen and oxygen atoms in total. The lowest BCUT2D eigenvalue weighted by atomic mass is 9.82. The second-order valence-corrected chi connectivity index (χ2v) is 5.15. The molecule has 2 heterocycles. The van der Waals surface area contributed by atoms with Crippen molar-refractivity contribution in [2.75, 3.05) is 13.1 Å². The number of aromatic nitrogens is 2. The minimum atomic E-state index is 0.106. The van der Waals surface area contributed by atoms with Crippen molar-refractivity contribution in [3.8, 4) is 0 Å². The number of carbonyl (C=O) groups excluding carboxylic acids is 1. The summed E-state index contributed by atoms with van der Waals surface area (Å²) in [7, 11) is 1.93. The molecule has 2 rings (SSSR count). The number of aryl methyl sites for hydroxylation is 1. The van der Waals surface area contributed by atoms with Crippen molar-refractivity contribution in [3.63, 3.8) is 0 Å². The summed E-state index contributed by atoms with van der Waals surface area (Å²) < 4.78 is 3.56. The fraction of sp³-hybridized carbons (Fsp3) is 0.692. The van der Waals surface area contributed by atoms with Gasteiger partial charge in [0.25, 0.3) is 6.33 Å². The average molecular weight is 236 g/mol. The van der Waals surface area contributed by atoms with E-state index in [-0.39, 0.29) is 6.03 Å². The highest BCUT2D eigenvalue weighted by Gasteiger charge is 2.38. The third-order valence-corrected chi connectivity index (χ3v) is 4.20. The largest absolute Gasteiger partial charge is 0.415 e. The number of carbonyl (C=O) groups is 1. The Bertz CT molecular complexity index is 407. The minimum Gasteiger partial charge on any atom is -0.304 e. The molecule has 4 heteroatoms. The van der Waals surface area contributed by atoms with E-state index < -0.39 is 0 Å². The molecule has 1 amide bonds. The van der Waals surface area contributed by atoms with Crippen LogP contribution in [-0.4, -0.2) is 28.6 Å². The first-order valence-electron chi connectivity index (χ1n) is 6.43. The molecule has 0 bridgehead atoms. The van der Waals surface area contributed by atoms with Gasteiger partial charge in [0.2, 0.25) is 0 Å². The topological polar surface area (TPSA) is 29.1 Å². The molecular weight excluding hydrogens is 214 g/mol. The van der Waals surface area contributed by atoms with Crippen molar-refractivity contribution < 1.29 is 9.36 Å². The monoisotopic (exact) mass is 236 g/mol. The van der Waals surface area contributed by atoms with E-state index in [1.54, 1.807) is 4.57 Å². The summed E-state index contributed by atoms with van der Waals surface area (Å²) in [6, 6.07) is 0.106. The van der Waals surface area contributed by atoms with Gasteiger partial charge in [-0.3, -0.25) is 0 Å². The van der Waals surface area contributed by atoms with Crippen molar-refractivity contribution in [1.29, 1.82) is 0 Å². The smallest absolute Gasteiger partial charge is 0.304 e. The number of hydrogen-bond acceptors (Lipinski definition) is 1. The van der Waals surface area contributed by atoms with Crippen LogP contribution < -0.4 is 4.57 Å². The van der Waals surface area contributed by atoms with E-state index in [2.05, 4.69) is 13.8 Å². The number of hydrogen-bond donors (Lipinski definition) is 0. The first-order chi connectivity index (χ1) is 8.10. The van der Waals surface area contributed by atoms with Crippen LogP contribution in [0.15, 0.2) is 18.7 Å². The van der Waals surface area contributed by atoms with Gasteiger partial charge in [-0.1, -0.05) is 13.8 Å². The highest BCUT2D eigenvalue weighted by Crippen LogP contribution is 2.37. The summed E-state index contributed by atoms with van der Waals surface area (Å²) in [6.07, 6.45) is 8.99. The van der Waals surface area contributed by atoms with Crippen LogP contribution in [0.5, 0.6) is 0 Å². The third kappa shape index (κ3) is 2.21. The van der Waals surface area contributed by atoms with Crippen LogP contribution in [0, 0.1) is 5.41 Å². The summed E-state index contributed by atoms with van der Waals surface area (Å²) in [4.78, 5) is 14.2. The van der Waals surface area contributed by atoms with Crippen LogP contribution in [0.2, 0.25) is 0 Å². The molecule has 0 aromatic carbocycles. The van der Waals surface area contributed by atoms with E-state index in [0.717, 1.165) is 32.4 Å². The zero-order chi connectivity index (χ0) is 12.5. The molecule has 0 unspecified atom stereocenters. The molecule has 1 aromatic heterocycles. The van der Waals surface area contributed by atoms with Gasteiger partial charge in [-0.05, 0) is 24.7 Å². The molecule has 0 saturated carbocycles. The molecule has 1 aliphatic rings. The minimum absolute atomic E-state index is 0.106. The Kier molecular flexibility index (Phi) is 3.22. The van der Waals surface area contributed by atoms with Gasteiger partial charge in [-0.2, -0.15) is 4.57 Å². The molecular formula is C13H22N3O+. The molecule has 1 aliphatic heterocycles. The van der Waals surface area contributed by atoms with Crippen molar-refractivity contribution in [2.45, 2.75) is 33.1 Å². The molecule has 0 atom stereocenters. The number of imidazole rings is 1. The normalized spacial score (nSPS) is 18.6. The van der Waals surface area contributed by atoms with Gasteiger partial charge in [0.1, 0.15) is 12.4 Å². The number of nitrogens with zero attached hydrogens (tertiary/aromatic N) is 3. The van der Waals surface area contributed by atoms with Gasteiger partial charge in [-0.25, -0.2) is 9.36 Å². The third-order valence-electron chi connectivity index (χ3n) is 4.20. The van der Waals surface area contributed by atoms with Gasteiger partial charge in [0.15, 0.2) is 0 Å². The molecule has 0 radical (unpaired) electrons. The fourth-order valence-corrected chi connectivity index (χ4v) is 2.65. The Morgan fingerprint density at radius 1 is 1.41 bits per heavy atom. The maximum Gasteiger partial charge on any atom is 0.415 e. The Morgan fingerprint density at radius 2 is 2.12 bits per heavy atom. The summed E-state index contributed by atoms with van der Waals surface area (Å²) in [6.45, 7) is 6.25. The number of amides is 1. The van der Waals surface area contributed by atoms with E-state index in [0.29, 0.717) is 5.41 Å². The number of likely N-dealkylation sites (tertiary alicyclic amines) is 1. The van der Waals surface area contributed by atoms with E-state index in [1.807, 2.05) is 35.2 Å². The zero-order valence-corrected chi connectivity index (χ0v) is 11.0. The molecule has 1 aromatic rings. The summed E-state index contributed by atoms with van der Waals surface area (Å²) in [5.74, 6) is 0. The summed E-state index contributed by atoms with van der Waals surface area (Å²) in [5, 5.41) is 0. The Balaban J connectivity index is 2.08. The van der Waals surface area contributed by atoms with E-state index in [9.17, 15) is 4.79 Å². The Hall–Kier alpha value is -1.32. The standard InChI is InChI=1S/C13H22N3O/c1-4-13(5-2)6-7-15(10-13)12(17)16-9-8-14(3)11-16/h8-9,11H,4-7,10H2,1-3H3/q+1. The van der Waals surface area contributed by atoms with Crippen LogP contribution in [-0.2, 0) is 7.05 Å². The van der Waals surface area contributed by atoms with Crippen molar-refractivity contribution in [1.82, 2.24) is 9.47 Å². The molecule has 17 heavy (non-hydrogen) atoms.